The Morgan fingerprint density at radius 3 is 2.57 bits per heavy atom. The second-order valence-corrected chi connectivity index (χ2v) is 7.79. The van der Waals surface area contributed by atoms with Gasteiger partial charge >= 0.3 is 6.18 Å². The molecule has 1 N–H and O–H groups in total. The number of amides is 1. The van der Waals surface area contributed by atoms with Crippen LogP contribution in [0.5, 0.6) is 0 Å². The summed E-state index contributed by atoms with van der Waals surface area (Å²) in [7, 11) is 1.54. The Labute approximate surface area is 163 Å². The van der Waals surface area contributed by atoms with Crippen LogP contribution >= 0.6 is 0 Å². The number of nitriles is 1. The topological polar surface area (TPSA) is 65.4 Å². The predicted octanol–water partition coefficient (Wildman–Crippen LogP) is 3.58. The molecule has 0 saturated carbocycles. The number of benzene rings is 1. The van der Waals surface area contributed by atoms with Gasteiger partial charge in [0.1, 0.15) is 0 Å². The van der Waals surface area contributed by atoms with E-state index in [1.165, 1.54) is 19.2 Å². The number of carbonyl (C=O) groups excluding carboxylic acids is 1. The van der Waals surface area contributed by atoms with E-state index in [2.05, 4.69) is 5.32 Å². The first-order valence-electron chi connectivity index (χ1n) is 9.19. The molecule has 1 saturated heterocycles. The summed E-state index contributed by atoms with van der Waals surface area (Å²) >= 11 is 0. The van der Waals surface area contributed by atoms with Gasteiger partial charge in [-0.15, -0.1) is 0 Å². The van der Waals surface area contributed by atoms with Crippen molar-refractivity contribution in [3.8, 4) is 6.07 Å². The lowest BCUT2D eigenvalue weighted by Crippen LogP contribution is -2.47. The highest BCUT2D eigenvalue weighted by atomic mass is 19.4. The smallest absolute Gasteiger partial charge is 0.384 e. The van der Waals surface area contributed by atoms with Crippen molar-refractivity contribution < 1.29 is 22.7 Å². The second-order valence-electron chi connectivity index (χ2n) is 7.79. The summed E-state index contributed by atoms with van der Waals surface area (Å²) in [6.07, 6.45) is -3.86. The van der Waals surface area contributed by atoms with E-state index in [1.54, 1.807) is 11.0 Å². The minimum Gasteiger partial charge on any atom is -0.384 e. The highest BCUT2D eigenvalue weighted by Gasteiger charge is 2.40. The Kier molecular flexibility index (Phi) is 6.60. The average molecular weight is 397 g/mol. The lowest BCUT2D eigenvalue weighted by atomic mass is 9.93. The molecule has 28 heavy (non-hydrogen) atoms. The number of anilines is 1. The normalized spacial score (nSPS) is 20.1. The van der Waals surface area contributed by atoms with E-state index in [-0.39, 0.29) is 17.4 Å². The van der Waals surface area contributed by atoms with Crippen molar-refractivity contribution in [2.45, 2.75) is 38.9 Å². The highest BCUT2D eigenvalue weighted by molar-refractivity contribution is 5.81. The van der Waals surface area contributed by atoms with Crippen LogP contribution in [0.3, 0.4) is 0 Å². The summed E-state index contributed by atoms with van der Waals surface area (Å²) in [5, 5.41) is 12.0. The third-order valence-electron chi connectivity index (χ3n) is 5.30. The number of rotatable bonds is 6. The number of methoxy groups -OCH3 is 1. The molecule has 8 heteroatoms. The summed E-state index contributed by atoms with van der Waals surface area (Å²) in [4.78, 5) is 14.5. The van der Waals surface area contributed by atoms with Crippen LogP contribution in [-0.4, -0.2) is 38.3 Å². The minimum absolute atomic E-state index is 0.124. The zero-order valence-electron chi connectivity index (χ0n) is 16.6. The molecule has 1 aromatic carbocycles. The number of nitrogens with zero attached hydrogens (tertiary/aromatic N) is 2. The van der Waals surface area contributed by atoms with Gasteiger partial charge in [-0.25, -0.2) is 0 Å². The molecule has 1 aliphatic rings. The molecule has 1 aliphatic heterocycles. The van der Waals surface area contributed by atoms with E-state index in [0.717, 1.165) is 12.5 Å². The van der Waals surface area contributed by atoms with Crippen molar-refractivity contribution in [2.75, 3.05) is 31.7 Å². The van der Waals surface area contributed by atoms with Crippen LogP contribution in [0.1, 0.15) is 38.3 Å². The molecule has 5 nitrogen and oxygen atoms in total. The fraction of sp³-hybridized carbons (Fsp3) is 0.600. The van der Waals surface area contributed by atoms with E-state index < -0.39 is 23.2 Å². The van der Waals surface area contributed by atoms with Gasteiger partial charge in [0.25, 0.3) is 0 Å². The van der Waals surface area contributed by atoms with Crippen LogP contribution in [-0.2, 0) is 15.7 Å². The predicted molar refractivity (Wildman–Crippen MR) is 99.7 cm³/mol. The average Bonchev–Trinajstić information content (AvgIpc) is 3.04. The Bertz CT molecular complexity index is 756. The van der Waals surface area contributed by atoms with Crippen LogP contribution in [0.4, 0.5) is 18.9 Å². The first kappa shape index (κ1) is 22.0. The molecule has 154 valence electrons. The third kappa shape index (κ3) is 4.96. The maximum atomic E-state index is 13.3. The van der Waals surface area contributed by atoms with Gasteiger partial charge in [-0.2, -0.15) is 18.4 Å². The molecule has 2 rings (SSSR count). The van der Waals surface area contributed by atoms with Crippen molar-refractivity contribution in [3.63, 3.8) is 0 Å². The van der Waals surface area contributed by atoms with Crippen molar-refractivity contribution in [3.05, 3.63) is 29.3 Å². The van der Waals surface area contributed by atoms with Crippen LogP contribution in [0.15, 0.2) is 18.2 Å². The van der Waals surface area contributed by atoms with Crippen LogP contribution in [0.2, 0.25) is 0 Å². The number of alkyl halides is 3. The fourth-order valence-corrected chi connectivity index (χ4v) is 3.34. The molecular weight excluding hydrogens is 371 g/mol. The van der Waals surface area contributed by atoms with Gasteiger partial charge in [0.2, 0.25) is 5.91 Å². The number of ether oxygens (including phenoxy) is 1. The van der Waals surface area contributed by atoms with E-state index in [1.807, 2.05) is 20.8 Å². The monoisotopic (exact) mass is 397 g/mol. The van der Waals surface area contributed by atoms with Gasteiger partial charge in [-0.1, -0.05) is 6.92 Å². The van der Waals surface area contributed by atoms with Gasteiger partial charge in [-0.05, 0) is 38.5 Å². The lowest BCUT2D eigenvalue weighted by Gasteiger charge is -2.28. The number of hydrogen-bond donors (Lipinski definition) is 1. The van der Waals surface area contributed by atoms with E-state index >= 15 is 0 Å². The Balaban J connectivity index is 2.29. The highest BCUT2D eigenvalue weighted by Crippen LogP contribution is 2.36. The molecule has 1 amide bonds. The van der Waals surface area contributed by atoms with Crippen molar-refractivity contribution >= 4 is 11.6 Å². The van der Waals surface area contributed by atoms with Gasteiger partial charge in [0, 0.05) is 37.3 Å². The molecule has 0 spiro atoms. The second kappa shape index (κ2) is 8.39. The van der Waals surface area contributed by atoms with Crippen LogP contribution in [0, 0.1) is 23.2 Å². The molecule has 2 atom stereocenters. The number of halogens is 3. The summed E-state index contributed by atoms with van der Waals surface area (Å²) in [5.74, 6) is -0.653. The van der Waals surface area contributed by atoms with Gasteiger partial charge in [0.15, 0.2) is 0 Å². The Morgan fingerprint density at radius 1 is 1.36 bits per heavy atom. The zero-order chi connectivity index (χ0) is 21.1. The van der Waals surface area contributed by atoms with Crippen LogP contribution < -0.4 is 10.2 Å². The van der Waals surface area contributed by atoms with Gasteiger partial charge in [0.05, 0.1) is 29.7 Å². The van der Waals surface area contributed by atoms with Crippen molar-refractivity contribution in [1.29, 1.82) is 5.26 Å². The molecule has 0 bridgehead atoms. The molecule has 1 fully saturated rings. The molecule has 0 aromatic heterocycles. The zero-order valence-corrected chi connectivity index (χ0v) is 16.6. The van der Waals surface area contributed by atoms with Crippen molar-refractivity contribution in [1.82, 2.24) is 5.32 Å². The van der Waals surface area contributed by atoms with E-state index in [0.29, 0.717) is 25.4 Å². The van der Waals surface area contributed by atoms with Gasteiger partial charge < -0.3 is 15.0 Å². The van der Waals surface area contributed by atoms with E-state index in [9.17, 15) is 18.0 Å². The summed E-state index contributed by atoms with van der Waals surface area (Å²) in [6.45, 7) is 6.87. The first-order chi connectivity index (χ1) is 13.0. The maximum Gasteiger partial charge on any atom is 0.417 e. The SMILES string of the molecule is CCC(C)(C)NC(=O)[C@H]1CN(c2ccc(C#N)c(C(F)(F)F)c2)C[C@@H]1COC. The quantitative estimate of drug-likeness (QED) is 0.797. The molecule has 0 unspecified atom stereocenters. The molecular formula is C20H26F3N3O2. The Morgan fingerprint density at radius 2 is 2.04 bits per heavy atom. The maximum absolute atomic E-state index is 13.3. The summed E-state index contributed by atoms with van der Waals surface area (Å²) in [5.41, 5.74) is -1.39. The largest absolute Gasteiger partial charge is 0.417 e. The Hall–Kier alpha value is -2.27. The van der Waals surface area contributed by atoms with Crippen LogP contribution in [0.25, 0.3) is 0 Å². The van der Waals surface area contributed by atoms with Crippen molar-refractivity contribution in [2.24, 2.45) is 11.8 Å². The number of hydrogen-bond acceptors (Lipinski definition) is 4. The minimum atomic E-state index is -4.62. The first-order valence-corrected chi connectivity index (χ1v) is 9.19. The number of carbonyl (C=O) groups is 1. The fourth-order valence-electron chi connectivity index (χ4n) is 3.34. The summed E-state index contributed by atoms with van der Waals surface area (Å²) < 4.78 is 45.1. The molecule has 0 aliphatic carbocycles. The summed E-state index contributed by atoms with van der Waals surface area (Å²) in [6, 6.07) is 5.24. The molecule has 1 aromatic rings. The molecule has 0 radical (unpaired) electrons. The lowest BCUT2D eigenvalue weighted by molar-refractivity contribution is -0.137. The standard InChI is InChI=1S/C20H26F3N3O2/c1-5-19(2,3)25-18(27)16-11-26(10-14(16)12-28-4)15-7-6-13(9-24)17(8-15)20(21,22)23/h6-8,14,16H,5,10-12H2,1-4H3,(H,25,27)/t14-,16+/m1/s1. The van der Waals surface area contributed by atoms with Gasteiger partial charge in [-0.3, -0.25) is 4.79 Å². The number of nitrogens with one attached hydrogen (secondary N) is 1. The molecule has 1 heterocycles. The van der Waals surface area contributed by atoms with E-state index in [4.69, 9.17) is 10.00 Å². The third-order valence-corrected chi connectivity index (χ3v) is 5.30.